The summed E-state index contributed by atoms with van der Waals surface area (Å²) in [6.45, 7) is 1.62. The van der Waals surface area contributed by atoms with Gasteiger partial charge in [0.1, 0.15) is 23.3 Å². The van der Waals surface area contributed by atoms with Gasteiger partial charge in [-0.2, -0.15) is 0 Å². The normalized spacial score (nSPS) is 31.1. The number of methoxy groups -OCH3 is 1. The second-order valence-corrected chi connectivity index (χ2v) is 9.67. The Labute approximate surface area is 197 Å². The molecule has 174 valence electrons. The molecule has 34 heavy (non-hydrogen) atoms. The quantitative estimate of drug-likeness (QED) is 0.525. The number of benzene rings is 2. The average Bonchev–Trinajstić information content (AvgIpc) is 3.63. The lowest BCUT2D eigenvalue weighted by atomic mass is 9.63. The highest BCUT2D eigenvalue weighted by atomic mass is 16.5. The molecular formula is C27H26N2O5. The number of likely N-dealkylation sites (tertiary alicyclic amines) is 1. The van der Waals surface area contributed by atoms with Gasteiger partial charge in [-0.05, 0) is 85.5 Å². The summed E-state index contributed by atoms with van der Waals surface area (Å²) < 4.78 is 11.0. The fourth-order valence-corrected chi connectivity index (χ4v) is 6.11. The molecule has 2 bridgehead atoms. The predicted molar refractivity (Wildman–Crippen MR) is 124 cm³/mol. The molecule has 1 saturated heterocycles. The van der Waals surface area contributed by atoms with Crippen molar-refractivity contribution in [2.24, 2.45) is 35.5 Å². The summed E-state index contributed by atoms with van der Waals surface area (Å²) in [7, 11) is 1.61. The van der Waals surface area contributed by atoms with Gasteiger partial charge in [0.05, 0.1) is 18.9 Å². The second kappa shape index (κ2) is 7.72. The minimum atomic E-state index is -0.864. The fourth-order valence-electron chi connectivity index (χ4n) is 6.11. The maximum atomic E-state index is 13.2. The first-order valence-corrected chi connectivity index (χ1v) is 11.7. The number of amides is 3. The van der Waals surface area contributed by atoms with Gasteiger partial charge in [-0.3, -0.25) is 19.3 Å². The maximum Gasteiger partial charge on any atom is 0.247 e. The Balaban J connectivity index is 1.11. The Morgan fingerprint density at radius 3 is 1.91 bits per heavy atom. The van der Waals surface area contributed by atoms with Crippen molar-refractivity contribution >= 4 is 23.4 Å². The van der Waals surface area contributed by atoms with Gasteiger partial charge >= 0.3 is 0 Å². The largest absolute Gasteiger partial charge is 0.497 e. The van der Waals surface area contributed by atoms with Crippen LogP contribution in [-0.2, 0) is 14.4 Å². The highest BCUT2D eigenvalue weighted by molar-refractivity contribution is 6.10. The zero-order valence-electron chi connectivity index (χ0n) is 19.0. The van der Waals surface area contributed by atoms with Crippen LogP contribution >= 0.6 is 0 Å². The van der Waals surface area contributed by atoms with Gasteiger partial charge in [-0.25, -0.2) is 0 Å². The third-order valence-electron chi connectivity index (χ3n) is 7.88. The third kappa shape index (κ3) is 3.22. The maximum absolute atomic E-state index is 13.2. The van der Waals surface area contributed by atoms with Crippen LogP contribution in [-0.4, -0.2) is 35.8 Å². The van der Waals surface area contributed by atoms with Gasteiger partial charge < -0.3 is 14.8 Å². The van der Waals surface area contributed by atoms with E-state index in [9.17, 15) is 14.4 Å². The van der Waals surface area contributed by atoms with Crippen LogP contribution in [0.15, 0.2) is 60.7 Å². The molecule has 0 unspecified atom stereocenters. The standard InChI is InChI=1S/C27H26N2O5/c1-14(29-26(31)23-19-11-12-20(22-13-21(19)22)24(23)27(29)32)25(30)28-15-3-5-17(6-4-15)34-18-9-7-16(33-2)8-10-18/h3-12,14,19-24H,13H2,1-2H3,(H,28,30)/t14-,19-,20-,21-,22-,23+,24+/m0/s1. The molecule has 2 aromatic rings. The minimum absolute atomic E-state index is 0.148. The molecule has 7 nitrogen and oxygen atoms in total. The van der Waals surface area contributed by atoms with E-state index in [1.807, 2.05) is 24.3 Å². The summed E-state index contributed by atoms with van der Waals surface area (Å²) in [5, 5.41) is 2.83. The van der Waals surface area contributed by atoms with Gasteiger partial charge in [-0.15, -0.1) is 0 Å². The first-order chi connectivity index (χ1) is 16.5. The number of ether oxygens (including phenoxy) is 2. The van der Waals surface area contributed by atoms with E-state index in [-0.39, 0.29) is 41.4 Å². The van der Waals surface area contributed by atoms with Crippen LogP contribution in [0.1, 0.15) is 13.3 Å². The number of nitrogens with one attached hydrogen (secondary N) is 1. The van der Waals surface area contributed by atoms with E-state index in [1.165, 1.54) is 4.90 Å². The van der Waals surface area contributed by atoms with Crippen LogP contribution in [0.5, 0.6) is 17.2 Å². The lowest BCUT2D eigenvalue weighted by molar-refractivity contribution is -0.146. The average molecular weight is 459 g/mol. The molecule has 7 heteroatoms. The second-order valence-electron chi connectivity index (χ2n) is 9.67. The molecule has 2 aromatic carbocycles. The van der Waals surface area contributed by atoms with Crippen molar-refractivity contribution in [3.05, 3.63) is 60.7 Å². The molecule has 0 aromatic heterocycles. The molecular weight excluding hydrogens is 432 g/mol. The molecule has 2 saturated carbocycles. The number of hydrogen-bond acceptors (Lipinski definition) is 5. The van der Waals surface area contributed by atoms with Crippen LogP contribution in [0.3, 0.4) is 0 Å². The fraction of sp³-hybridized carbons (Fsp3) is 0.370. The lowest BCUT2D eigenvalue weighted by Gasteiger charge is -2.37. The Morgan fingerprint density at radius 2 is 1.38 bits per heavy atom. The van der Waals surface area contributed by atoms with Crippen molar-refractivity contribution in [1.82, 2.24) is 4.90 Å². The van der Waals surface area contributed by atoms with Gasteiger partial charge in [0.15, 0.2) is 0 Å². The summed E-state index contributed by atoms with van der Waals surface area (Å²) in [5.41, 5.74) is 0.568. The lowest BCUT2D eigenvalue weighted by Crippen LogP contribution is -2.46. The third-order valence-corrected chi connectivity index (χ3v) is 7.88. The molecule has 3 amide bonds. The van der Waals surface area contributed by atoms with Crippen molar-refractivity contribution in [3.8, 4) is 17.2 Å². The monoisotopic (exact) mass is 458 g/mol. The Kier molecular flexibility index (Phi) is 4.76. The number of carbonyl (C=O) groups excluding carboxylic acids is 3. The molecule has 0 radical (unpaired) electrons. The van der Waals surface area contributed by atoms with E-state index >= 15 is 0 Å². The summed E-state index contributed by atoms with van der Waals surface area (Å²) >= 11 is 0. The predicted octanol–water partition coefficient (Wildman–Crippen LogP) is 3.87. The highest BCUT2D eigenvalue weighted by Gasteiger charge is 2.67. The summed E-state index contributed by atoms with van der Waals surface area (Å²) in [4.78, 5) is 40.6. The number of carbonyl (C=O) groups is 3. The molecule has 1 heterocycles. The van der Waals surface area contributed by atoms with Gasteiger partial charge in [0, 0.05) is 5.69 Å². The van der Waals surface area contributed by atoms with Crippen molar-refractivity contribution in [3.63, 3.8) is 0 Å². The van der Waals surface area contributed by atoms with Crippen LogP contribution < -0.4 is 14.8 Å². The van der Waals surface area contributed by atoms with Crippen LogP contribution in [0.2, 0.25) is 0 Å². The number of hydrogen-bond donors (Lipinski definition) is 1. The van der Waals surface area contributed by atoms with Crippen molar-refractivity contribution in [2.45, 2.75) is 19.4 Å². The number of nitrogens with zero attached hydrogens (tertiary/aromatic N) is 1. The van der Waals surface area contributed by atoms with Crippen molar-refractivity contribution in [2.75, 3.05) is 12.4 Å². The van der Waals surface area contributed by atoms with E-state index in [0.717, 1.165) is 12.2 Å². The van der Waals surface area contributed by atoms with E-state index in [0.29, 0.717) is 29.0 Å². The summed E-state index contributed by atoms with van der Waals surface area (Å²) in [6, 6.07) is 13.3. The van der Waals surface area contributed by atoms with Crippen molar-refractivity contribution < 1.29 is 23.9 Å². The van der Waals surface area contributed by atoms with E-state index < -0.39 is 6.04 Å². The minimum Gasteiger partial charge on any atom is -0.497 e. The molecule has 5 aliphatic rings. The van der Waals surface area contributed by atoms with Crippen LogP contribution in [0, 0.1) is 35.5 Å². The molecule has 0 spiro atoms. The Hall–Kier alpha value is -3.61. The first-order valence-electron chi connectivity index (χ1n) is 11.7. The zero-order valence-corrected chi connectivity index (χ0v) is 19.0. The van der Waals surface area contributed by atoms with E-state index in [4.69, 9.17) is 9.47 Å². The molecule has 3 fully saturated rings. The number of allylic oxidation sites excluding steroid dienone is 2. The SMILES string of the molecule is COc1ccc(Oc2ccc(NC(=O)[C@H](C)N3C(=O)[C@@H]4[C@H]5C=C[C@@H]([C@@H]6C[C@@H]56)[C@H]4C3=O)cc2)cc1. The van der Waals surface area contributed by atoms with Crippen LogP contribution in [0.25, 0.3) is 0 Å². The number of imide groups is 1. The zero-order chi connectivity index (χ0) is 23.6. The Morgan fingerprint density at radius 1 is 0.882 bits per heavy atom. The Bertz CT molecular complexity index is 1150. The molecule has 7 atom stereocenters. The highest BCUT2D eigenvalue weighted by Crippen LogP contribution is 2.65. The smallest absolute Gasteiger partial charge is 0.247 e. The van der Waals surface area contributed by atoms with E-state index in [2.05, 4.69) is 17.5 Å². The van der Waals surface area contributed by atoms with Gasteiger partial charge in [-0.1, -0.05) is 12.2 Å². The van der Waals surface area contributed by atoms with Gasteiger partial charge in [0.2, 0.25) is 17.7 Å². The summed E-state index contributed by atoms with van der Waals surface area (Å²) in [6.07, 6.45) is 5.38. The molecule has 1 N–H and O–H groups in total. The molecule has 1 aliphatic heterocycles. The first kappa shape index (κ1) is 21.0. The van der Waals surface area contributed by atoms with Crippen molar-refractivity contribution in [1.29, 1.82) is 0 Å². The summed E-state index contributed by atoms with van der Waals surface area (Å²) in [5.74, 6) is 2.05. The number of rotatable bonds is 6. The molecule has 4 aliphatic carbocycles. The van der Waals surface area contributed by atoms with Crippen LogP contribution in [0.4, 0.5) is 5.69 Å². The van der Waals surface area contributed by atoms with Gasteiger partial charge in [0.25, 0.3) is 0 Å². The van der Waals surface area contributed by atoms with E-state index in [1.54, 1.807) is 38.3 Å². The number of anilines is 1. The topological polar surface area (TPSA) is 84.9 Å². The molecule has 7 rings (SSSR count).